The average Bonchev–Trinajstić information content (AvgIpc) is 2.41. The van der Waals surface area contributed by atoms with Crippen molar-refractivity contribution in [2.45, 2.75) is 6.42 Å². The molecule has 2 nitrogen and oxygen atoms in total. The molecule has 0 bridgehead atoms. The van der Waals surface area contributed by atoms with E-state index in [9.17, 15) is 0 Å². The van der Waals surface area contributed by atoms with Crippen LogP contribution in [0.1, 0.15) is 6.42 Å². The van der Waals surface area contributed by atoms with Crippen LogP contribution in [0.4, 0.5) is 0 Å². The summed E-state index contributed by atoms with van der Waals surface area (Å²) in [4.78, 5) is 0. The molecule has 0 aliphatic rings. The summed E-state index contributed by atoms with van der Waals surface area (Å²) in [5, 5.41) is 11.3. The Morgan fingerprint density at radius 2 is 2.50 bits per heavy atom. The molecule has 0 fully saturated rings. The first kappa shape index (κ1) is 7.57. The number of aliphatic hydroxyl groups is 1. The molecule has 1 aromatic heterocycles. The molecule has 0 aliphatic carbocycles. The van der Waals surface area contributed by atoms with Gasteiger partial charge in [-0.2, -0.15) is 0 Å². The minimum absolute atomic E-state index is 0.200. The number of aliphatic hydroxyl groups excluding tert-OH is 1. The zero-order chi connectivity index (χ0) is 7.23. The lowest BCUT2D eigenvalue weighted by Crippen LogP contribution is -1.97. The van der Waals surface area contributed by atoms with Crippen LogP contribution in [-0.2, 0) is 0 Å². The lowest BCUT2D eigenvalue weighted by atomic mass is 10.5. The van der Waals surface area contributed by atoms with E-state index in [0.29, 0.717) is 13.0 Å². The van der Waals surface area contributed by atoms with E-state index in [0.717, 1.165) is 5.06 Å². The second-order valence-corrected chi connectivity index (χ2v) is 2.77. The van der Waals surface area contributed by atoms with Crippen molar-refractivity contribution in [2.75, 3.05) is 13.2 Å². The predicted octanol–water partition coefficient (Wildman–Crippen LogP) is 1.51. The molecule has 1 aromatic rings. The summed E-state index contributed by atoms with van der Waals surface area (Å²) < 4.78 is 5.24. The van der Waals surface area contributed by atoms with E-state index >= 15 is 0 Å². The minimum atomic E-state index is 0.200. The molecule has 0 saturated heterocycles. The SMILES string of the molecule is OCCCOc1cccs1. The van der Waals surface area contributed by atoms with E-state index < -0.39 is 0 Å². The van der Waals surface area contributed by atoms with Gasteiger partial charge in [-0.15, -0.1) is 11.3 Å². The molecule has 0 atom stereocenters. The lowest BCUT2D eigenvalue weighted by Gasteiger charge is -1.99. The fourth-order valence-electron chi connectivity index (χ4n) is 0.583. The Morgan fingerprint density at radius 1 is 1.60 bits per heavy atom. The van der Waals surface area contributed by atoms with Crippen molar-refractivity contribution < 1.29 is 9.84 Å². The van der Waals surface area contributed by atoms with Crippen LogP contribution >= 0.6 is 11.3 Å². The van der Waals surface area contributed by atoms with Gasteiger partial charge in [0.25, 0.3) is 0 Å². The first-order valence-electron chi connectivity index (χ1n) is 3.20. The number of rotatable bonds is 4. The summed E-state index contributed by atoms with van der Waals surface area (Å²) in [5.41, 5.74) is 0. The van der Waals surface area contributed by atoms with E-state index in [2.05, 4.69) is 0 Å². The number of hydrogen-bond acceptors (Lipinski definition) is 3. The van der Waals surface area contributed by atoms with Crippen LogP contribution in [0, 0.1) is 0 Å². The maximum Gasteiger partial charge on any atom is 0.173 e. The van der Waals surface area contributed by atoms with Crippen LogP contribution in [0.2, 0.25) is 0 Å². The van der Waals surface area contributed by atoms with E-state index in [1.165, 1.54) is 0 Å². The van der Waals surface area contributed by atoms with Gasteiger partial charge in [0.1, 0.15) is 0 Å². The number of thiophene rings is 1. The van der Waals surface area contributed by atoms with Gasteiger partial charge in [0.2, 0.25) is 0 Å². The summed E-state index contributed by atoms with van der Waals surface area (Å²) in [7, 11) is 0. The highest BCUT2D eigenvalue weighted by atomic mass is 32.1. The zero-order valence-electron chi connectivity index (χ0n) is 5.62. The molecule has 3 heteroatoms. The van der Waals surface area contributed by atoms with Gasteiger partial charge in [-0.3, -0.25) is 0 Å². The summed E-state index contributed by atoms with van der Waals surface area (Å²) in [6, 6.07) is 3.86. The van der Waals surface area contributed by atoms with E-state index in [4.69, 9.17) is 9.84 Å². The van der Waals surface area contributed by atoms with E-state index in [1.54, 1.807) is 11.3 Å². The third-order valence-corrected chi connectivity index (χ3v) is 1.82. The molecule has 56 valence electrons. The van der Waals surface area contributed by atoms with Crippen molar-refractivity contribution in [1.29, 1.82) is 0 Å². The fourth-order valence-corrected chi connectivity index (χ4v) is 1.18. The highest BCUT2D eigenvalue weighted by Gasteiger charge is 1.90. The first-order valence-corrected chi connectivity index (χ1v) is 4.08. The van der Waals surface area contributed by atoms with Crippen molar-refractivity contribution in [3.63, 3.8) is 0 Å². The molecule has 10 heavy (non-hydrogen) atoms. The molecule has 0 saturated carbocycles. The second-order valence-electron chi connectivity index (χ2n) is 1.86. The Morgan fingerprint density at radius 3 is 3.10 bits per heavy atom. The Labute approximate surface area is 64.1 Å². The first-order chi connectivity index (χ1) is 4.93. The number of ether oxygens (including phenoxy) is 1. The third kappa shape index (κ3) is 2.37. The molecular formula is C7H10O2S. The summed E-state index contributed by atoms with van der Waals surface area (Å²) in [5.74, 6) is 0. The molecule has 0 aliphatic heterocycles. The van der Waals surface area contributed by atoms with E-state index in [1.807, 2.05) is 17.5 Å². The van der Waals surface area contributed by atoms with Gasteiger partial charge in [0.05, 0.1) is 6.61 Å². The molecule has 1 N–H and O–H groups in total. The van der Waals surface area contributed by atoms with Gasteiger partial charge in [-0.1, -0.05) is 0 Å². The second kappa shape index (κ2) is 4.30. The zero-order valence-corrected chi connectivity index (χ0v) is 6.43. The van der Waals surface area contributed by atoms with Gasteiger partial charge in [0.15, 0.2) is 5.06 Å². The molecule has 0 aromatic carbocycles. The standard InChI is InChI=1S/C7H10O2S/c8-4-2-5-9-7-3-1-6-10-7/h1,3,6,8H,2,4-5H2. The van der Waals surface area contributed by atoms with E-state index in [-0.39, 0.29) is 6.61 Å². The molecule has 0 spiro atoms. The maximum atomic E-state index is 8.42. The summed E-state index contributed by atoms with van der Waals surface area (Å²) >= 11 is 1.57. The topological polar surface area (TPSA) is 29.5 Å². The Hall–Kier alpha value is -0.540. The van der Waals surface area contributed by atoms with Gasteiger partial charge in [-0.25, -0.2) is 0 Å². The van der Waals surface area contributed by atoms with Crippen molar-refractivity contribution >= 4 is 11.3 Å². The summed E-state index contributed by atoms with van der Waals surface area (Å²) in [6.45, 7) is 0.808. The van der Waals surface area contributed by atoms with Gasteiger partial charge >= 0.3 is 0 Å². The average molecular weight is 158 g/mol. The Bertz CT molecular complexity index is 160. The van der Waals surface area contributed by atoms with Crippen LogP contribution in [0.5, 0.6) is 5.06 Å². The van der Waals surface area contributed by atoms with Crippen LogP contribution in [-0.4, -0.2) is 18.3 Å². The van der Waals surface area contributed by atoms with Gasteiger partial charge in [-0.05, 0) is 17.5 Å². The molecule has 0 unspecified atom stereocenters. The monoisotopic (exact) mass is 158 g/mol. The van der Waals surface area contributed by atoms with Crippen molar-refractivity contribution in [2.24, 2.45) is 0 Å². The predicted molar refractivity (Wildman–Crippen MR) is 41.5 cm³/mol. The van der Waals surface area contributed by atoms with Crippen molar-refractivity contribution in [3.8, 4) is 5.06 Å². The van der Waals surface area contributed by atoms with Crippen molar-refractivity contribution in [1.82, 2.24) is 0 Å². The Balaban J connectivity index is 2.15. The quantitative estimate of drug-likeness (QED) is 0.673. The van der Waals surface area contributed by atoms with Crippen LogP contribution in [0.25, 0.3) is 0 Å². The fraction of sp³-hybridized carbons (Fsp3) is 0.429. The number of hydrogen-bond donors (Lipinski definition) is 1. The van der Waals surface area contributed by atoms with Crippen LogP contribution in [0.3, 0.4) is 0 Å². The molecule has 1 heterocycles. The normalized spacial score (nSPS) is 9.70. The minimum Gasteiger partial charge on any atom is -0.484 e. The molecule has 0 amide bonds. The molecule has 0 radical (unpaired) electrons. The smallest absolute Gasteiger partial charge is 0.173 e. The largest absolute Gasteiger partial charge is 0.484 e. The van der Waals surface area contributed by atoms with Crippen LogP contribution in [0.15, 0.2) is 17.5 Å². The highest BCUT2D eigenvalue weighted by molar-refractivity contribution is 7.11. The summed E-state index contributed by atoms with van der Waals surface area (Å²) in [6.07, 6.45) is 0.706. The lowest BCUT2D eigenvalue weighted by molar-refractivity contribution is 0.237. The van der Waals surface area contributed by atoms with Gasteiger partial charge in [0, 0.05) is 13.0 Å². The van der Waals surface area contributed by atoms with Crippen molar-refractivity contribution in [3.05, 3.63) is 17.5 Å². The highest BCUT2D eigenvalue weighted by Crippen LogP contribution is 2.17. The van der Waals surface area contributed by atoms with Gasteiger partial charge < -0.3 is 9.84 Å². The third-order valence-electron chi connectivity index (χ3n) is 1.04. The van der Waals surface area contributed by atoms with Crippen LogP contribution < -0.4 is 4.74 Å². The molecule has 1 rings (SSSR count). The Kier molecular flexibility index (Phi) is 3.26. The maximum absolute atomic E-state index is 8.42. The molecular weight excluding hydrogens is 148 g/mol.